The Balaban J connectivity index is 2.36. The van der Waals surface area contributed by atoms with E-state index in [4.69, 9.17) is 5.73 Å². The molecule has 2 aromatic carbocycles. The van der Waals surface area contributed by atoms with Crippen molar-refractivity contribution in [3.05, 3.63) is 65.2 Å². The number of amidine groups is 1. The molecular weight excluding hydrogens is 400 g/mol. The predicted octanol–water partition coefficient (Wildman–Crippen LogP) is 4.13. The van der Waals surface area contributed by atoms with Crippen molar-refractivity contribution < 1.29 is 13.6 Å². The summed E-state index contributed by atoms with van der Waals surface area (Å²) >= 11 is 0. The molecule has 8 heteroatoms. The summed E-state index contributed by atoms with van der Waals surface area (Å²) in [6.07, 6.45) is 0.813. The van der Waals surface area contributed by atoms with Gasteiger partial charge in [-0.3, -0.25) is 20.1 Å². The average Bonchev–Trinajstić information content (AvgIpc) is 2.71. The summed E-state index contributed by atoms with van der Waals surface area (Å²) in [5, 5.41) is 5.70. The zero-order valence-electron chi connectivity index (χ0n) is 18.3. The number of anilines is 1. The van der Waals surface area contributed by atoms with Gasteiger partial charge in [-0.15, -0.1) is 0 Å². The van der Waals surface area contributed by atoms with Gasteiger partial charge >= 0.3 is 0 Å². The number of rotatable bonds is 5. The van der Waals surface area contributed by atoms with Gasteiger partial charge < -0.3 is 11.1 Å². The van der Waals surface area contributed by atoms with Crippen molar-refractivity contribution in [2.24, 2.45) is 15.4 Å². The van der Waals surface area contributed by atoms with Crippen molar-refractivity contribution in [1.82, 2.24) is 10.6 Å². The number of para-hydroxylation sites is 1. The molecule has 166 valence electrons. The number of nitrogens with zero attached hydrogens (tertiary/aromatic N) is 2. The molecule has 0 spiro atoms. The van der Waals surface area contributed by atoms with Crippen molar-refractivity contribution in [3.8, 4) is 0 Å². The van der Waals surface area contributed by atoms with Crippen LogP contribution in [0.1, 0.15) is 50.0 Å². The molecule has 0 heterocycles. The van der Waals surface area contributed by atoms with Crippen LogP contribution in [0.3, 0.4) is 0 Å². The lowest BCUT2D eigenvalue weighted by atomic mass is 9.97. The van der Waals surface area contributed by atoms with E-state index in [1.807, 2.05) is 45.9 Å². The smallest absolute Gasteiger partial charge is 0.258 e. The van der Waals surface area contributed by atoms with Crippen LogP contribution in [0.5, 0.6) is 0 Å². The van der Waals surface area contributed by atoms with E-state index in [9.17, 15) is 13.6 Å². The highest BCUT2D eigenvalue weighted by Crippen LogP contribution is 2.14. The second kappa shape index (κ2) is 10.7. The van der Waals surface area contributed by atoms with Crippen LogP contribution in [0.4, 0.5) is 14.5 Å². The van der Waals surface area contributed by atoms with Crippen LogP contribution in [0.2, 0.25) is 0 Å². The maximum atomic E-state index is 13.6. The van der Waals surface area contributed by atoms with Gasteiger partial charge in [-0.2, -0.15) is 0 Å². The van der Waals surface area contributed by atoms with Gasteiger partial charge in [0.15, 0.2) is 11.6 Å². The van der Waals surface area contributed by atoms with E-state index in [1.165, 1.54) is 6.07 Å². The first-order valence-corrected chi connectivity index (χ1v) is 10.1. The number of nitrogens with two attached hydrogens (primary N) is 1. The quantitative estimate of drug-likeness (QED) is 0.379. The second-order valence-corrected chi connectivity index (χ2v) is 8.25. The van der Waals surface area contributed by atoms with Crippen LogP contribution in [0.15, 0.2) is 52.4 Å². The number of aliphatic imine (C=N–C) groups is 2. The van der Waals surface area contributed by atoms with Gasteiger partial charge in [0.1, 0.15) is 5.84 Å². The Bertz CT molecular complexity index is 980. The first-order valence-electron chi connectivity index (χ1n) is 10.1. The van der Waals surface area contributed by atoms with Crippen molar-refractivity contribution in [3.63, 3.8) is 0 Å². The summed E-state index contributed by atoms with van der Waals surface area (Å²) < 4.78 is 26.8. The molecular formula is C23H29F2N5O. The van der Waals surface area contributed by atoms with Crippen LogP contribution in [-0.4, -0.2) is 30.8 Å². The summed E-state index contributed by atoms with van der Waals surface area (Å²) in [5.41, 5.74) is 7.12. The molecule has 0 bridgehead atoms. The fourth-order valence-electron chi connectivity index (χ4n) is 2.48. The molecule has 2 rings (SSSR count). The maximum absolute atomic E-state index is 13.6. The molecule has 1 amide bonds. The van der Waals surface area contributed by atoms with Crippen LogP contribution >= 0.6 is 0 Å². The Hall–Kier alpha value is -3.29. The molecule has 0 saturated carbocycles. The lowest BCUT2D eigenvalue weighted by molar-refractivity contribution is 0.0975. The third-order valence-corrected chi connectivity index (χ3v) is 4.07. The zero-order chi connectivity index (χ0) is 23.0. The molecule has 0 atom stereocenters. The van der Waals surface area contributed by atoms with Gasteiger partial charge in [-0.1, -0.05) is 39.8 Å². The third-order valence-electron chi connectivity index (χ3n) is 4.07. The van der Waals surface area contributed by atoms with E-state index in [0.29, 0.717) is 30.2 Å². The Morgan fingerprint density at radius 1 is 1.03 bits per heavy atom. The molecule has 0 aliphatic rings. The number of guanidine groups is 1. The summed E-state index contributed by atoms with van der Waals surface area (Å²) in [6.45, 7) is 8.96. The second-order valence-electron chi connectivity index (χ2n) is 8.25. The maximum Gasteiger partial charge on any atom is 0.258 e. The standard InChI is InChI=1S/C23H29F2N5O/c1-5-12-27-20(16-8-6-7-9-19(16)26)29-22(28-14-23(2,3)4)30-21(31)15-10-11-17(24)18(25)13-15/h6-11,13H,5,12,14,26H2,1-4H3,(H2,27,28,29,30,31). The van der Waals surface area contributed by atoms with E-state index in [2.05, 4.69) is 20.6 Å². The fourth-order valence-corrected chi connectivity index (χ4v) is 2.48. The lowest BCUT2D eigenvalue weighted by Gasteiger charge is -2.19. The summed E-state index contributed by atoms with van der Waals surface area (Å²) in [6, 6.07) is 10.2. The van der Waals surface area contributed by atoms with Crippen LogP contribution in [-0.2, 0) is 0 Å². The van der Waals surface area contributed by atoms with Gasteiger partial charge in [0, 0.05) is 29.9 Å². The molecule has 0 saturated heterocycles. The van der Waals surface area contributed by atoms with E-state index in [0.717, 1.165) is 18.6 Å². The molecule has 0 fully saturated rings. The van der Waals surface area contributed by atoms with Crippen molar-refractivity contribution in [2.75, 3.05) is 18.8 Å². The van der Waals surface area contributed by atoms with E-state index in [1.54, 1.807) is 6.07 Å². The minimum atomic E-state index is -1.10. The SMILES string of the molecule is CCCN=C(NC(=NCC(C)(C)C)NC(=O)c1ccc(F)c(F)c1)c1ccccc1N. The molecule has 0 unspecified atom stereocenters. The fraction of sp³-hybridized carbons (Fsp3) is 0.348. The van der Waals surface area contributed by atoms with Gasteiger partial charge in [-0.05, 0) is 42.2 Å². The monoisotopic (exact) mass is 429 g/mol. The van der Waals surface area contributed by atoms with Crippen molar-refractivity contribution in [1.29, 1.82) is 0 Å². The van der Waals surface area contributed by atoms with E-state index >= 15 is 0 Å². The number of benzene rings is 2. The number of nitrogen functional groups attached to an aromatic ring is 1. The van der Waals surface area contributed by atoms with Crippen LogP contribution < -0.4 is 16.4 Å². The number of nitrogens with one attached hydrogen (secondary N) is 2. The van der Waals surface area contributed by atoms with Gasteiger partial charge in [0.05, 0.1) is 0 Å². The van der Waals surface area contributed by atoms with Gasteiger partial charge in [0.25, 0.3) is 5.91 Å². The average molecular weight is 430 g/mol. The number of halogens is 2. The highest BCUT2D eigenvalue weighted by Gasteiger charge is 2.17. The Morgan fingerprint density at radius 2 is 1.74 bits per heavy atom. The highest BCUT2D eigenvalue weighted by molar-refractivity contribution is 6.15. The minimum Gasteiger partial charge on any atom is -0.398 e. The number of hydrogen-bond donors (Lipinski definition) is 3. The molecule has 6 nitrogen and oxygen atoms in total. The summed E-state index contributed by atoms with van der Waals surface area (Å²) in [4.78, 5) is 21.7. The first-order chi connectivity index (χ1) is 14.6. The third kappa shape index (κ3) is 7.47. The van der Waals surface area contributed by atoms with Crippen LogP contribution in [0.25, 0.3) is 0 Å². The molecule has 0 aromatic heterocycles. The molecule has 4 N–H and O–H groups in total. The highest BCUT2D eigenvalue weighted by atomic mass is 19.2. The summed E-state index contributed by atoms with van der Waals surface area (Å²) in [5.74, 6) is -2.16. The molecule has 0 aliphatic carbocycles. The number of hydrogen-bond acceptors (Lipinski definition) is 4. The first kappa shape index (κ1) is 24.0. The van der Waals surface area contributed by atoms with Crippen molar-refractivity contribution >= 4 is 23.4 Å². The summed E-state index contributed by atoms with van der Waals surface area (Å²) in [7, 11) is 0. The predicted molar refractivity (Wildman–Crippen MR) is 121 cm³/mol. The molecule has 2 aromatic rings. The number of amides is 1. The Labute approximate surface area is 181 Å². The lowest BCUT2D eigenvalue weighted by Crippen LogP contribution is -2.45. The number of carbonyl (C=O) groups excluding carboxylic acids is 1. The molecule has 31 heavy (non-hydrogen) atoms. The van der Waals surface area contributed by atoms with Gasteiger partial charge in [-0.25, -0.2) is 8.78 Å². The Morgan fingerprint density at radius 3 is 2.35 bits per heavy atom. The topological polar surface area (TPSA) is 91.9 Å². The normalized spacial score (nSPS) is 12.6. The van der Waals surface area contributed by atoms with E-state index in [-0.39, 0.29) is 16.9 Å². The van der Waals surface area contributed by atoms with Crippen LogP contribution in [0, 0.1) is 17.0 Å². The largest absolute Gasteiger partial charge is 0.398 e. The zero-order valence-corrected chi connectivity index (χ0v) is 18.3. The minimum absolute atomic E-state index is 0.0320. The number of carbonyl (C=O) groups is 1. The van der Waals surface area contributed by atoms with Crippen molar-refractivity contribution in [2.45, 2.75) is 34.1 Å². The van der Waals surface area contributed by atoms with E-state index < -0.39 is 17.5 Å². The Kier molecular flexibility index (Phi) is 8.24. The molecule has 0 radical (unpaired) electrons. The van der Waals surface area contributed by atoms with Gasteiger partial charge in [0.2, 0.25) is 5.96 Å². The molecule has 0 aliphatic heterocycles.